The number of hydrogen-bond donors (Lipinski definition) is 0. The van der Waals surface area contributed by atoms with E-state index in [0.717, 1.165) is 12.1 Å². The maximum atomic E-state index is 13.2. The van der Waals surface area contributed by atoms with E-state index >= 15 is 0 Å². The van der Waals surface area contributed by atoms with Crippen LogP contribution in [0.3, 0.4) is 0 Å². The molecule has 146 valence electrons. The molecule has 0 atom stereocenters. The number of amides is 1. The lowest BCUT2D eigenvalue weighted by Gasteiger charge is -2.38. The zero-order valence-electron chi connectivity index (χ0n) is 15.5. The minimum Gasteiger partial charge on any atom is -0.424 e. The van der Waals surface area contributed by atoms with Crippen molar-refractivity contribution in [3.63, 3.8) is 0 Å². The molecule has 7 nitrogen and oxygen atoms in total. The first kappa shape index (κ1) is 18.7. The highest BCUT2D eigenvalue weighted by molar-refractivity contribution is 5.87. The van der Waals surface area contributed by atoms with Crippen LogP contribution in [-0.2, 0) is 11.2 Å². The number of carbonyl (C=O) groups is 1. The number of halogens is 1. The van der Waals surface area contributed by atoms with Crippen LogP contribution < -0.4 is 4.74 Å². The molecule has 2 aromatic heterocycles. The molecule has 1 saturated heterocycles. The van der Waals surface area contributed by atoms with Crippen molar-refractivity contribution in [2.24, 2.45) is 5.92 Å². The first-order valence-corrected chi connectivity index (χ1v) is 9.09. The Morgan fingerprint density at radius 2 is 2.03 bits per heavy atom. The van der Waals surface area contributed by atoms with Gasteiger partial charge < -0.3 is 9.64 Å². The Hall–Kier alpha value is -3.68. The van der Waals surface area contributed by atoms with Gasteiger partial charge >= 0.3 is 6.01 Å². The van der Waals surface area contributed by atoms with E-state index in [1.54, 1.807) is 41.8 Å². The molecule has 0 unspecified atom stereocenters. The molecule has 0 aliphatic carbocycles. The fraction of sp³-hybridized carbons (Fsp3) is 0.190. The SMILES string of the molecule is C=CC(=O)N1CC(Cc2cncc(-c3cnc(Oc4cccc(F)c4)nc3)n2)C1. The van der Waals surface area contributed by atoms with Gasteiger partial charge in [0.25, 0.3) is 0 Å². The highest BCUT2D eigenvalue weighted by Crippen LogP contribution is 2.23. The third-order valence-electron chi connectivity index (χ3n) is 4.55. The second kappa shape index (κ2) is 8.14. The molecule has 29 heavy (non-hydrogen) atoms. The number of carbonyl (C=O) groups excluding carboxylic acids is 1. The minimum absolute atomic E-state index is 0.0428. The molecular formula is C21H18FN5O2. The zero-order valence-corrected chi connectivity index (χ0v) is 15.5. The zero-order chi connectivity index (χ0) is 20.2. The smallest absolute Gasteiger partial charge is 0.321 e. The molecule has 4 rings (SSSR count). The van der Waals surface area contributed by atoms with Gasteiger partial charge in [-0.15, -0.1) is 0 Å². The maximum Gasteiger partial charge on any atom is 0.321 e. The number of rotatable bonds is 6. The van der Waals surface area contributed by atoms with E-state index < -0.39 is 5.82 Å². The third-order valence-corrected chi connectivity index (χ3v) is 4.55. The lowest BCUT2D eigenvalue weighted by molar-refractivity contribution is -0.132. The molecule has 1 fully saturated rings. The summed E-state index contributed by atoms with van der Waals surface area (Å²) in [6.45, 7) is 4.90. The van der Waals surface area contributed by atoms with E-state index in [1.807, 2.05) is 0 Å². The van der Waals surface area contributed by atoms with Gasteiger partial charge in [-0.05, 0) is 30.5 Å². The summed E-state index contributed by atoms with van der Waals surface area (Å²) in [6, 6.07) is 5.89. The molecule has 3 heterocycles. The van der Waals surface area contributed by atoms with E-state index in [9.17, 15) is 9.18 Å². The Labute approximate surface area is 166 Å². The van der Waals surface area contributed by atoms with Crippen molar-refractivity contribution in [2.75, 3.05) is 13.1 Å². The molecule has 8 heteroatoms. The average molecular weight is 391 g/mol. The topological polar surface area (TPSA) is 81.1 Å². The van der Waals surface area contributed by atoms with Gasteiger partial charge in [-0.25, -0.2) is 19.3 Å². The summed E-state index contributed by atoms with van der Waals surface area (Å²) < 4.78 is 18.7. The standard InChI is InChI=1S/C21H18FN5O2/c1-2-20(28)27-12-14(13-27)6-17-10-23-11-19(26-17)15-8-24-21(25-9-15)29-18-5-3-4-16(22)7-18/h2-5,7-11,14H,1,6,12-13H2. The van der Waals surface area contributed by atoms with E-state index in [1.165, 1.54) is 18.2 Å². The second-order valence-electron chi connectivity index (χ2n) is 6.73. The quantitative estimate of drug-likeness (QED) is 0.601. The first-order chi connectivity index (χ1) is 14.1. The Kier molecular flexibility index (Phi) is 5.24. The predicted octanol–water partition coefficient (Wildman–Crippen LogP) is 3.05. The van der Waals surface area contributed by atoms with E-state index in [2.05, 4.69) is 26.5 Å². The fourth-order valence-corrected chi connectivity index (χ4v) is 3.08. The van der Waals surface area contributed by atoms with E-state index in [4.69, 9.17) is 4.74 Å². The lowest BCUT2D eigenvalue weighted by Crippen LogP contribution is -2.50. The van der Waals surface area contributed by atoms with E-state index in [0.29, 0.717) is 36.0 Å². The molecule has 1 aliphatic rings. The Bertz CT molecular complexity index is 1040. The van der Waals surface area contributed by atoms with Crippen molar-refractivity contribution in [1.82, 2.24) is 24.8 Å². The summed E-state index contributed by atoms with van der Waals surface area (Å²) in [7, 11) is 0. The molecule has 1 aromatic carbocycles. The number of benzene rings is 1. The van der Waals surface area contributed by atoms with Crippen molar-refractivity contribution in [3.05, 3.63) is 73.2 Å². The lowest BCUT2D eigenvalue weighted by atomic mass is 9.94. The van der Waals surface area contributed by atoms with Crippen molar-refractivity contribution >= 4 is 5.91 Å². The fourth-order valence-electron chi connectivity index (χ4n) is 3.08. The molecule has 3 aromatic rings. The summed E-state index contributed by atoms with van der Waals surface area (Å²) >= 11 is 0. The first-order valence-electron chi connectivity index (χ1n) is 9.09. The number of likely N-dealkylation sites (tertiary alicyclic amines) is 1. The molecule has 0 saturated carbocycles. The normalized spacial score (nSPS) is 13.6. The number of nitrogens with zero attached hydrogens (tertiary/aromatic N) is 5. The molecular weight excluding hydrogens is 373 g/mol. The highest BCUT2D eigenvalue weighted by atomic mass is 19.1. The van der Waals surface area contributed by atoms with Crippen molar-refractivity contribution in [3.8, 4) is 23.0 Å². The van der Waals surface area contributed by atoms with Crippen LogP contribution in [0.2, 0.25) is 0 Å². The van der Waals surface area contributed by atoms with Crippen LogP contribution in [0.4, 0.5) is 4.39 Å². The summed E-state index contributed by atoms with van der Waals surface area (Å²) in [5.41, 5.74) is 2.19. The number of ether oxygens (including phenoxy) is 1. The predicted molar refractivity (Wildman–Crippen MR) is 104 cm³/mol. The maximum absolute atomic E-state index is 13.2. The highest BCUT2D eigenvalue weighted by Gasteiger charge is 2.29. The van der Waals surface area contributed by atoms with Crippen LogP contribution >= 0.6 is 0 Å². The van der Waals surface area contributed by atoms with Gasteiger partial charge in [-0.1, -0.05) is 12.6 Å². The van der Waals surface area contributed by atoms with Crippen molar-refractivity contribution in [2.45, 2.75) is 6.42 Å². The summed E-state index contributed by atoms with van der Waals surface area (Å²) in [4.78, 5) is 30.5. The Balaban J connectivity index is 1.40. The van der Waals surface area contributed by atoms with Crippen LogP contribution in [0.15, 0.2) is 61.7 Å². The summed E-state index contributed by atoms with van der Waals surface area (Å²) in [5.74, 6) is 0.249. The van der Waals surface area contributed by atoms with Crippen molar-refractivity contribution < 1.29 is 13.9 Å². The van der Waals surface area contributed by atoms with Gasteiger partial charge in [-0.3, -0.25) is 9.78 Å². The van der Waals surface area contributed by atoms with Gasteiger partial charge in [0.1, 0.15) is 11.6 Å². The Morgan fingerprint density at radius 1 is 1.24 bits per heavy atom. The summed E-state index contributed by atoms with van der Waals surface area (Å²) in [5, 5.41) is 0. The van der Waals surface area contributed by atoms with Crippen LogP contribution in [0.25, 0.3) is 11.3 Å². The van der Waals surface area contributed by atoms with Crippen molar-refractivity contribution in [1.29, 1.82) is 0 Å². The largest absolute Gasteiger partial charge is 0.424 e. The molecule has 1 aliphatic heterocycles. The molecule has 1 amide bonds. The number of aromatic nitrogens is 4. The monoisotopic (exact) mass is 391 g/mol. The molecule has 0 radical (unpaired) electrons. The average Bonchev–Trinajstić information content (AvgIpc) is 2.71. The minimum atomic E-state index is -0.394. The third kappa shape index (κ3) is 4.43. The Morgan fingerprint density at radius 3 is 2.76 bits per heavy atom. The van der Waals surface area contributed by atoms with Crippen LogP contribution in [-0.4, -0.2) is 43.8 Å². The van der Waals surface area contributed by atoms with Gasteiger partial charge in [0, 0.05) is 43.3 Å². The number of hydrogen-bond acceptors (Lipinski definition) is 6. The summed E-state index contributed by atoms with van der Waals surface area (Å²) in [6.07, 6.45) is 8.61. The molecule has 0 N–H and O–H groups in total. The second-order valence-corrected chi connectivity index (χ2v) is 6.73. The van der Waals surface area contributed by atoms with Gasteiger partial charge in [-0.2, -0.15) is 0 Å². The van der Waals surface area contributed by atoms with E-state index in [-0.39, 0.29) is 11.9 Å². The van der Waals surface area contributed by atoms with Gasteiger partial charge in [0.2, 0.25) is 5.91 Å². The van der Waals surface area contributed by atoms with Gasteiger partial charge in [0.15, 0.2) is 0 Å². The molecule has 0 bridgehead atoms. The van der Waals surface area contributed by atoms with Crippen LogP contribution in [0, 0.1) is 11.7 Å². The van der Waals surface area contributed by atoms with Gasteiger partial charge in [0.05, 0.1) is 17.6 Å². The van der Waals surface area contributed by atoms with Crippen LogP contribution in [0.5, 0.6) is 11.8 Å². The molecule has 0 spiro atoms. The van der Waals surface area contributed by atoms with Crippen LogP contribution in [0.1, 0.15) is 5.69 Å².